The van der Waals surface area contributed by atoms with E-state index in [4.69, 9.17) is 0 Å². The lowest BCUT2D eigenvalue weighted by Crippen LogP contribution is -2.51. The van der Waals surface area contributed by atoms with Crippen LogP contribution in [0.1, 0.15) is 26.7 Å². The zero-order valence-electron chi connectivity index (χ0n) is 13.7. The number of guanidine groups is 1. The molecule has 2 saturated heterocycles. The Labute approximate surface area is 130 Å². The van der Waals surface area contributed by atoms with Crippen molar-refractivity contribution in [3.63, 3.8) is 0 Å². The number of hydrogen-bond donors (Lipinski definition) is 1. The molecule has 4 nitrogen and oxygen atoms in total. The fourth-order valence-corrected chi connectivity index (χ4v) is 3.66. The predicted octanol–water partition coefficient (Wildman–Crippen LogP) is 2.18. The fourth-order valence-electron chi connectivity index (χ4n) is 3.66. The summed E-state index contributed by atoms with van der Waals surface area (Å²) in [5.41, 5.74) is 0. The van der Waals surface area contributed by atoms with E-state index in [1.165, 1.54) is 11.3 Å². The number of hydrogen-bond acceptors (Lipinski definition) is 2. The Bertz CT molecular complexity index is 387. The first-order valence-electron chi connectivity index (χ1n) is 8.04. The number of alkyl halides is 3. The van der Waals surface area contributed by atoms with Crippen LogP contribution in [-0.2, 0) is 0 Å². The van der Waals surface area contributed by atoms with Gasteiger partial charge in [0.15, 0.2) is 5.96 Å². The first kappa shape index (κ1) is 17.4. The molecule has 7 heteroatoms. The molecule has 0 radical (unpaired) electrons. The summed E-state index contributed by atoms with van der Waals surface area (Å²) in [6.07, 6.45) is -2.17. The Morgan fingerprint density at radius 1 is 1.18 bits per heavy atom. The summed E-state index contributed by atoms with van der Waals surface area (Å²) in [7, 11) is 1.74. The third-order valence-electron chi connectivity index (χ3n) is 4.39. The number of nitrogens with one attached hydrogen (secondary N) is 1. The number of rotatable bonds is 2. The molecule has 3 atom stereocenters. The fraction of sp³-hybridized carbons (Fsp3) is 0.933. The van der Waals surface area contributed by atoms with Gasteiger partial charge >= 0.3 is 6.18 Å². The zero-order valence-corrected chi connectivity index (χ0v) is 13.7. The Balaban J connectivity index is 1.86. The lowest BCUT2D eigenvalue weighted by atomic mass is 9.92. The monoisotopic (exact) mass is 320 g/mol. The van der Waals surface area contributed by atoms with Crippen molar-refractivity contribution in [2.24, 2.45) is 16.8 Å². The van der Waals surface area contributed by atoms with Crippen molar-refractivity contribution < 1.29 is 13.2 Å². The van der Waals surface area contributed by atoms with Gasteiger partial charge in [-0.05, 0) is 24.7 Å². The quantitative estimate of drug-likeness (QED) is 0.625. The molecule has 0 aromatic heterocycles. The first-order valence-corrected chi connectivity index (χ1v) is 8.04. The van der Waals surface area contributed by atoms with Gasteiger partial charge in [-0.3, -0.25) is 9.89 Å². The third-order valence-corrected chi connectivity index (χ3v) is 4.39. The molecule has 2 fully saturated rings. The van der Waals surface area contributed by atoms with Gasteiger partial charge in [0.05, 0.1) is 6.54 Å². The van der Waals surface area contributed by atoms with Gasteiger partial charge < -0.3 is 10.2 Å². The average Bonchev–Trinajstić information content (AvgIpc) is 2.79. The van der Waals surface area contributed by atoms with Crippen LogP contribution >= 0.6 is 0 Å². The Kier molecular flexibility index (Phi) is 5.58. The van der Waals surface area contributed by atoms with Gasteiger partial charge in [-0.25, -0.2) is 0 Å². The highest BCUT2D eigenvalue weighted by molar-refractivity contribution is 5.80. The largest absolute Gasteiger partial charge is 0.401 e. The van der Waals surface area contributed by atoms with Crippen molar-refractivity contribution in [2.45, 2.75) is 38.9 Å². The standard InChI is InChI=1S/C15H27F3N4/c1-11-6-12(2)8-22(7-11)14(19-3)20-13-4-5-21(9-13)10-15(16,17)18/h11-13H,4-10H2,1-3H3,(H,19,20). The van der Waals surface area contributed by atoms with Gasteiger partial charge in [0.2, 0.25) is 0 Å². The van der Waals surface area contributed by atoms with Crippen LogP contribution in [0.15, 0.2) is 4.99 Å². The molecule has 2 rings (SSSR count). The van der Waals surface area contributed by atoms with Crippen LogP contribution in [-0.4, -0.2) is 67.7 Å². The molecule has 2 aliphatic rings. The molecule has 2 heterocycles. The highest BCUT2D eigenvalue weighted by Crippen LogP contribution is 2.22. The molecule has 3 unspecified atom stereocenters. The second kappa shape index (κ2) is 7.06. The molecule has 0 saturated carbocycles. The number of aliphatic imine (C=N–C) groups is 1. The van der Waals surface area contributed by atoms with E-state index in [0.29, 0.717) is 24.9 Å². The van der Waals surface area contributed by atoms with E-state index < -0.39 is 12.7 Å². The minimum atomic E-state index is -4.12. The topological polar surface area (TPSA) is 30.9 Å². The van der Waals surface area contributed by atoms with Crippen LogP contribution in [0.3, 0.4) is 0 Å². The van der Waals surface area contributed by atoms with Crippen LogP contribution in [0.5, 0.6) is 0 Å². The number of halogens is 3. The zero-order chi connectivity index (χ0) is 16.3. The highest BCUT2D eigenvalue weighted by atomic mass is 19.4. The van der Waals surface area contributed by atoms with Gasteiger partial charge in [-0.1, -0.05) is 13.8 Å². The molecule has 0 spiro atoms. The van der Waals surface area contributed by atoms with Crippen LogP contribution in [0.2, 0.25) is 0 Å². The van der Waals surface area contributed by atoms with Crippen LogP contribution in [0.4, 0.5) is 13.2 Å². The van der Waals surface area contributed by atoms with Crippen molar-refractivity contribution in [1.82, 2.24) is 15.1 Å². The Morgan fingerprint density at radius 2 is 1.82 bits per heavy atom. The second-order valence-corrected chi connectivity index (χ2v) is 6.88. The molecule has 0 aromatic carbocycles. The summed E-state index contributed by atoms with van der Waals surface area (Å²) in [6.45, 7) is 6.49. The SMILES string of the molecule is CN=C(NC1CCN(CC(F)(F)F)C1)N1CC(C)CC(C)C1. The molecule has 128 valence electrons. The summed E-state index contributed by atoms with van der Waals surface area (Å²) in [6, 6.07) is 0.0496. The maximum absolute atomic E-state index is 12.4. The molecule has 2 aliphatic heterocycles. The molecular weight excluding hydrogens is 293 g/mol. The van der Waals surface area contributed by atoms with E-state index in [0.717, 1.165) is 25.5 Å². The first-order chi connectivity index (χ1) is 10.3. The van der Waals surface area contributed by atoms with E-state index >= 15 is 0 Å². The van der Waals surface area contributed by atoms with Crippen LogP contribution < -0.4 is 5.32 Å². The Hall–Kier alpha value is -0.980. The maximum atomic E-state index is 12.4. The minimum Gasteiger partial charge on any atom is -0.352 e. The highest BCUT2D eigenvalue weighted by Gasteiger charge is 2.35. The average molecular weight is 320 g/mol. The summed E-state index contributed by atoms with van der Waals surface area (Å²) in [5, 5.41) is 3.36. The maximum Gasteiger partial charge on any atom is 0.401 e. The number of piperidine rings is 1. The molecule has 22 heavy (non-hydrogen) atoms. The lowest BCUT2D eigenvalue weighted by molar-refractivity contribution is -0.143. The van der Waals surface area contributed by atoms with E-state index in [-0.39, 0.29) is 6.04 Å². The van der Waals surface area contributed by atoms with Crippen molar-refractivity contribution in [3.05, 3.63) is 0 Å². The van der Waals surface area contributed by atoms with Crippen molar-refractivity contribution in [1.29, 1.82) is 0 Å². The molecule has 0 aromatic rings. The summed E-state index contributed by atoms with van der Waals surface area (Å²) < 4.78 is 37.3. The van der Waals surface area contributed by atoms with E-state index in [1.807, 2.05) is 0 Å². The van der Waals surface area contributed by atoms with E-state index in [2.05, 4.69) is 29.1 Å². The van der Waals surface area contributed by atoms with Gasteiger partial charge in [0.25, 0.3) is 0 Å². The smallest absolute Gasteiger partial charge is 0.352 e. The second-order valence-electron chi connectivity index (χ2n) is 6.88. The van der Waals surface area contributed by atoms with Gasteiger partial charge in [-0.15, -0.1) is 0 Å². The summed E-state index contributed by atoms with van der Waals surface area (Å²) in [4.78, 5) is 8.04. The molecule has 1 N–H and O–H groups in total. The van der Waals surface area contributed by atoms with Crippen molar-refractivity contribution in [2.75, 3.05) is 39.8 Å². The Morgan fingerprint density at radius 3 is 2.36 bits per heavy atom. The summed E-state index contributed by atoms with van der Waals surface area (Å²) in [5.74, 6) is 2.07. The van der Waals surface area contributed by atoms with Gasteiger partial charge in [0.1, 0.15) is 0 Å². The van der Waals surface area contributed by atoms with Gasteiger partial charge in [-0.2, -0.15) is 13.2 Å². The van der Waals surface area contributed by atoms with Crippen molar-refractivity contribution >= 4 is 5.96 Å². The van der Waals surface area contributed by atoms with Crippen LogP contribution in [0, 0.1) is 11.8 Å². The molecular formula is C15H27F3N4. The van der Waals surface area contributed by atoms with Crippen molar-refractivity contribution in [3.8, 4) is 0 Å². The number of nitrogens with zero attached hydrogens (tertiary/aromatic N) is 3. The number of likely N-dealkylation sites (tertiary alicyclic amines) is 2. The normalized spacial score (nSPS) is 31.6. The third kappa shape index (κ3) is 5.04. The summed E-state index contributed by atoms with van der Waals surface area (Å²) >= 11 is 0. The molecule has 0 bridgehead atoms. The predicted molar refractivity (Wildman–Crippen MR) is 81.9 cm³/mol. The molecule has 0 aliphatic carbocycles. The van der Waals surface area contributed by atoms with Crippen LogP contribution in [0.25, 0.3) is 0 Å². The minimum absolute atomic E-state index is 0.0496. The lowest BCUT2D eigenvalue weighted by Gasteiger charge is -2.37. The van der Waals surface area contributed by atoms with E-state index in [1.54, 1.807) is 7.05 Å². The molecule has 0 amide bonds. The van der Waals surface area contributed by atoms with E-state index in [9.17, 15) is 13.2 Å². The van der Waals surface area contributed by atoms with Gasteiger partial charge in [0, 0.05) is 39.3 Å².